The van der Waals surface area contributed by atoms with Gasteiger partial charge >= 0.3 is 0 Å². The number of fused-ring (bicyclic) bond motifs is 3. The predicted molar refractivity (Wildman–Crippen MR) is 129 cm³/mol. The SMILES string of the molecule is Cc1nc(C)c2nc(-c3cncc(F)c3)n(Cc3ccc(CN4C[C@@H]5C[C@H]4CN5C)cc3)c2n1. The van der Waals surface area contributed by atoms with Crippen LogP contribution in [0.25, 0.3) is 22.6 Å². The molecule has 34 heavy (non-hydrogen) atoms. The Hall–Kier alpha value is -3.23. The molecule has 4 aromatic rings. The van der Waals surface area contributed by atoms with Crippen molar-refractivity contribution in [1.82, 2.24) is 34.3 Å². The number of nitrogens with zero attached hydrogens (tertiary/aromatic N) is 7. The largest absolute Gasteiger partial charge is 0.304 e. The van der Waals surface area contributed by atoms with Crippen molar-refractivity contribution in [2.75, 3.05) is 20.1 Å². The molecule has 0 radical (unpaired) electrons. The molecule has 3 aromatic heterocycles. The maximum absolute atomic E-state index is 14.0. The smallest absolute Gasteiger partial charge is 0.164 e. The second-order valence-electron chi connectivity index (χ2n) is 9.67. The van der Waals surface area contributed by atoms with E-state index < -0.39 is 0 Å². The van der Waals surface area contributed by atoms with E-state index in [9.17, 15) is 4.39 Å². The van der Waals surface area contributed by atoms with E-state index in [1.807, 2.05) is 18.4 Å². The van der Waals surface area contributed by atoms with Gasteiger partial charge in [-0.2, -0.15) is 0 Å². The molecule has 2 aliphatic heterocycles. The van der Waals surface area contributed by atoms with Gasteiger partial charge in [0.25, 0.3) is 0 Å². The lowest BCUT2D eigenvalue weighted by Gasteiger charge is -2.31. The fourth-order valence-electron chi connectivity index (χ4n) is 5.49. The van der Waals surface area contributed by atoms with Crippen molar-refractivity contribution < 1.29 is 4.39 Å². The molecule has 0 spiro atoms. The molecule has 2 aliphatic rings. The van der Waals surface area contributed by atoms with Gasteiger partial charge in [0.2, 0.25) is 0 Å². The Kier molecular flexibility index (Phi) is 5.15. The van der Waals surface area contributed by atoms with E-state index >= 15 is 0 Å². The summed E-state index contributed by atoms with van der Waals surface area (Å²) >= 11 is 0. The van der Waals surface area contributed by atoms with E-state index in [4.69, 9.17) is 4.98 Å². The van der Waals surface area contributed by atoms with Gasteiger partial charge in [-0.3, -0.25) is 9.88 Å². The van der Waals surface area contributed by atoms with Crippen LogP contribution in [-0.2, 0) is 13.1 Å². The lowest BCUT2D eigenvalue weighted by molar-refractivity contribution is 0.143. The molecule has 5 heterocycles. The highest BCUT2D eigenvalue weighted by atomic mass is 19.1. The van der Waals surface area contributed by atoms with Gasteiger partial charge in [-0.05, 0) is 44.5 Å². The van der Waals surface area contributed by atoms with Crippen molar-refractivity contribution in [2.24, 2.45) is 0 Å². The fraction of sp³-hybridized carbons (Fsp3) is 0.385. The number of benzene rings is 1. The first-order valence-corrected chi connectivity index (χ1v) is 11.8. The molecule has 0 amide bonds. The Morgan fingerprint density at radius 3 is 2.38 bits per heavy atom. The Balaban J connectivity index is 1.31. The zero-order valence-electron chi connectivity index (χ0n) is 19.7. The summed E-state index contributed by atoms with van der Waals surface area (Å²) in [6.45, 7) is 7.72. The third-order valence-corrected chi connectivity index (χ3v) is 7.22. The normalized spacial score (nSPS) is 20.6. The summed E-state index contributed by atoms with van der Waals surface area (Å²) in [5.41, 5.74) is 5.40. The number of hydrogen-bond donors (Lipinski definition) is 0. The average Bonchev–Trinajstić information content (AvgIpc) is 3.48. The highest BCUT2D eigenvalue weighted by molar-refractivity contribution is 5.79. The number of pyridine rings is 1. The molecule has 8 heteroatoms. The van der Waals surface area contributed by atoms with Gasteiger partial charge in [0, 0.05) is 43.5 Å². The maximum atomic E-state index is 14.0. The third kappa shape index (κ3) is 3.76. The summed E-state index contributed by atoms with van der Waals surface area (Å²) in [7, 11) is 2.23. The molecule has 0 N–H and O–H groups in total. The third-order valence-electron chi connectivity index (χ3n) is 7.22. The van der Waals surface area contributed by atoms with Gasteiger partial charge in [-0.25, -0.2) is 19.3 Å². The van der Waals surface area contributed by atoms with Crippen LogP contribution < -0.4 is 0 Å². The van der Waals surface area contributed by atoms with Crippen LogP contribution in [0, 0.1) is 19.7 Å². The van der Waals surface area contributed by atoms with E-state index in [-0.39, 0.29) is 5.82 Å². The molecule has 0 saturated carbocycles. The highest BCUT2D eigenvalue weighted by Gasteiger charge is 2.40. The molecule has 6 rings (SSSR count). The van der Waals surface area contributed by atoms with Gasteiger partial charge in [0.15, 0.2) is 5.65 Å². The number of rotatable bonds is 5. The molecular formula is C26H28FN7. The van der Waals surface area contributed by atoms with Gasteiger partial charge < -0.3 is 9.47 Å². The molecule has 0 aliphatic carbocycles. The van der Waals surface area contributed by atoms with Gasteiger partial charge in [0.05, 0.1) is 18.4 Å². The number of likely N-dealkylation sites (N-methyl/N-ethyl adjacent to an activating group) is 1. The van der Waals surface area contributed by atoms with Crippen molar-refractivity contribution in [1.29, 1.82) is 0 Å². The Bertz CT molecular complexity index is 1360. The molecule has 1 aromatic carbocycles. The van der Waals surface area contributed by atoms with Crippen molar-refractivity contribution in [3.05, 3.63) is 71.2 Å². The minimum atomic E-state index is -0.388. The topological polar surface area (TPSA) is 63.0 Å². The lowest BCUT2D eigenvalue weighted by Crippen LogP contribution is -2.43. The van der Waals surface area contributed by atoms with Crippen LogP contribution in [-0.4, -0.2) is 66.5 Å². The standard InChI is InChI=1S/C26H28FN7/c1-16-24-26(30-17(2)29-16)34(25(31-24)20-8-21(27)11-28-10-20)13-19-6-4-18(5-7-19)12-33-15-22-9-23(33)14-32(22)3/h4-8,10-11,22-23H,9,12-15H2,1-3H3/t22-,23-/m0/s1. The second kappa shape index (κ2) is 8.21. The quantitative estimate of drug-likeness (QED) is 0.457. The first kappa shape index (κ1) is 21.3. The highest BCUT2D eigenvalue weighted by Crippen LogP contribution is 2.31. The molecule has 2 atom stereocenters. The molecule has 2 bridgehead atoms. The molecule has 0 unspecified atom stereocenters. The summed E-state index contributed by atoms with van der Waals surface area (Å²) < 4.78 is 16.0. The van der Waals surface area contributed by atoms with Gasteiger partial charge in [-0.15, -0.1) is 0 Å². The summed E-state index contributed by atoms with van der Waals surface area (Å²) in [5.74, 6) is 0.948. The predicted octanol–water partition coefficient (Wildman–Crippen LogP) is 3.58. The number of aromatic nitrogens is 5. The minimum Gasteiger partial charge on any atom is -0.304 e. The Labute approximate surface area is 198 Å². The second-order valence-corrected chi connectivity index (χ2v) is 9.67. The first-order chi connectivity index (χ1) is 16.4. The summed E-state index contributed by atoms with van der Waals surface area (Å²) in [6, 6.07) is 11.7. The first-order valence-electron chi connectivity index (χ1n) is 11.8. The number of aryl methyl sites for hydroxylation is 2. The molecule has 7 nitrogen and oxygen atoms in total. The number of likely N-dealkylation sites (tertiary alicyclic amines) is 2. The molecular weight excluding hydrogens is 429 g/mol. The van der Waals surface area contributed by atoms with E-state index in [2.05, 4.69) is 56.1 Å². The van der Waals surface area contributed by atoms with Crippen LogP contribution in [0.3, 0.4) is 0 Å². The molecule has 174 valence electrons. The van der Waals surface area contributed by atoms with E-state index in [1.54, 1.807) is 6.20 Å². The monoisotopic (exact) mass is 457 g/mol. The summed E-state index contributed by atoms with van der Waals surface area (Å²) in [6.07, 6.45) is 4.13. The van der Waals surface area contributed by atoms with Crippen LogP contribution in [0.4, 0.5) is 4.39 Å². The van der Waals surface area contributed by atoms with E-state index in [0.717, 1.165) is 35.5 Å². The van der Waals surface area contributed by atoms with Gasteiger partial charge in [-0.1, -0.05) is 24.3 Å². The average molecular weight is 458 g/mol. The number of hydrogen-bond acceptors (Lipinski definition) is 6. The van der Waals surface area contributed by atoms with Crippen LogP contribution in [0.1, 0.15) is 29.1 Å². The zero-order valence-corrected chi connectivity index (χ0v) is 19.7. The number of piperazine rings is 1. The van der Waals surface area contributed by atoms with E-state index in [1.165, 1.54) is 30.8 Å². The van der Waals surface area contributed by atoms with Crippen molar-refractivity contribution >= 4 is 11.2 Å². The van der Waals surface area contributed by atoms with Crippen molar-refractivity contribution in [3.8, 4) is 11.4 Å². The molecule has 2 fully saturated rings. The summed E-state index contributed by atoms with van der Waals surface area (Å²) in [5, 5.41) is 0. The summed E-state index contributed by atoms with van der Waals surface area (Å²) in [4.78, 5) is 23.1. The van der Waals surface area contributed by atoms with Crippen LogP contribution in [0.2, 0.25) is 0 Å². The zero-order chi connectivity index (χ0) is 23.4. The number of halogens is 1. The molecule has 2 saturated heterocycles. The number of imidazole rings is 1. The Morgan fingerprint density at radius 2 is 1.71 bits per heavy atom. The maximum Gasteiger partial charge on any atom is 0.164 e. The van der Waals surface area contributed by atoms with Crippen LogP contribution >= 0.6 is 0 Å². The van der Waals surface area contributed by atoms with Crippen molar-refractivity contribution in [2.45, 2.75) is 45.4 Å². The van der Waals surface area contributed by atoms with Crippen LogP contribution in [0.5, 0.6) is 0 Å². The lowest BCUT2D eigenvalue weighted by atomic mass is 10.1. The van der Waals surface area contributed by atoms with Crippen LogP contribution in [0.15, 0.2) is 42.7 Å². The fourth-order valence-corrected chi connectivity index (χ4v) is 5.49. The van der Waals surface area contributed by atoms with Gasteiger partial charge in [0.1, 0.15) is 23.0 Å². The Morgan fingerprint density at radius 1 is 0.941 bits per heavy atom. The van der Waals surface area contributed by atoms with E-state index in [0.29, 0.717) is 35.8 Å². The minimum absolute atomic E-state index is 0.388. The van der Waals surface area contributed by atoms with Crippen molar-refractivity contribution in [3.63, 3.8) is 0 Å².